The fourth-order valence-corrected chi connectivity index (χ4v) is 4.80. The smallest absolute Gasteiger partial charge is 0.0440 e. The summed E-state index contributed by atoms with van der Waals surface area (Å²) in [5, 5.41) is 8.15. The molecule has 1 aromatic heterocycles. The number of benzene rings is 4. The molecule has 0 radical (unpaired) electrons. The first-order chi connectivity index (χ1) is 10.8. The Balaban J connectivity index is 2.10. The minimum Gasteiger partial charge on any atom is -0.135 e. The number of hydrogen-bond acceptors (Lipinski definition) is 1. The van der Waals surface area contributed by atoms with Crippen LogP contribution in [0.4, 0.5) is 0 Å². The van der Waals surface area contributed by atoms with Gasteiger partial charge in [-0.3, -0.25) is 0 Å². The molecular formula is C21H14S. The third-order valence-corrected chi connectivity index (χ3v) is 5.69. The maximum absolute atomic E-state index is 2.30. The molecule has 5 aromatic rings. The van der Waals surface area contributed by atoms with E-state index in [4.69, 9.17) is 0 Å². The van der Waals surface area contributed by atoms with Gasteiger partial charge in [0.05, 0.1) is 0 Å². The zero-order valence-electron chi connectivity index (χ0n) is 12.3. The monoisotopic (exact) mass is 298 g/mol. The van der Waals surface area contributed by atoms with E-state index in [1.54, 1.807) is 0 Å². The summed E-state index contributed by atoms with van der Waals surface area (Å²) < 4.78 is 2.80. The van der Waals surface area contributed by atoms with Crippen molar-refractivity contribution in [1.29, 1.82) is 0 Å². The van der Waals surface area contributed by atoms with Crippen molar-refractivity contribution < 1.29 is 0 Å². The van der Waals surface area contributed by atoms with Crippen molar-refractivity contribution >= 4 is 53.1 Å². The number of aryl methyl sites for hydroxylation is 1. The molecule has 0 aliphatic rings. The van der Waals surface area contributed by atoms with Gasteiger partial charge in [-0.15, -0.1) is 11.3 Å². The van der Waals surface area contributed by atoms with Crippen LogP contribution in [-0.4, -0.2) is 0 Å². The van der Waals surface area contributed by atoms with E-state index in [2.05, 4.69) is 73.7 Å². The zero-order chi connectivity index (χ0) is 14.7. The third-order valence-electron chi connectivity index (χ3n) is 4.50. The topological polar surface area (TPSA) is 0 Å². The van der Waals surface area contributed by atoms with E-state index in [1.807, 2.05) is 11.3 Å². The Bertz CT molecular complexity index is 1180. The van der Waals surface area contributed by atoms with Gasteiger partial charge in [0.15, 0.2) is 0 Å². The van der Waals surface area contributed by atoms with Gasteiger partial charge >= 0.3 is 0 Å². The summed E-state index contributed by atoms with van der Waals surface area (Å²) in [5.74, 6) is 0. The number of fused-ring (bicyclic) bond motifs is 7. The summed E-state index contributed by atoms with van der Waals surface area (Å²) in [6, 6.07) is 24.5. The van der Waals surface area contributed by atoms with E-state index in [-0.39, 0.29) is 0 Å². The van der Waals surface area contributed by atoms with Crippen LogP contribution in [0.5, 0.6) is 0 Å². The molecule has 22 heavy (non-hydrogen) atoms. The first-order valence-electron chi connectivity index (χ1n) is 7.54. The maximum Gasteiger partial charge on any atom is 0.0440 e. The Kier molecular flexibility index (Phi) is 2.39. The number of hydrogen-bond donors (Lipinski definition) is 0. The van der Waals surface area contributed by atoms with Gasteiger partial charge in [0.2, 0.25) is 0 Å². The fraction of sp³-hybridized carbons (Fsp3) is 0.0476. The number of rotatable bonds is 0. The van der Waals surface area contributed by atoms with Crippen molar-refractivity contribution in [2.24, 2.45) is 0 Å². The quantitative estimate of drug-likeness (QED) is 0.280. The molecule has 0 N–H and O–H groups in total. The normalized spacial score (nSPS) is 11.9. The van der Waals surface area contributed by atoms with Crippen LogP contribution >= 0.6 is 11.3 Å². The van der Waals surface area contributed by atoms with Crippen LogP contribution in [0, 0.1) is 6.92 Å². The first kappa shape index (κ1) is 12.2. The van der Waals surface area contributed by atoms with Crippen molar-refractivity contribution in [3.05, 3.63) is 72.3 Å². The van der Waals surface area contributed by atoms with E-state index >= 15 is 0 Å². The molecule has 0 aliphatic carbocycles. The maximum atomic E-state index is 2.30. The van der Waals surface area contributed by atoms with Crippen LogP contribution in [0.3, 0.4) is 0 Å². The van der Waals surface area contributed by atoms with Gasteiger partial charge in [-0.1, -0.05) is 60.7 Å². The highest BCUT2D eigenvalue weighted by atomic mass is 32.1. The Morgan fingerprint density at radius 2 is 1.45 bits per heavy atom. The van der Waals surface area contributed by atoms with Gasteiger partial charge in [-0.25, -0.2) is 0 Å². The second kappa shape index (κ2) is 4.31. The molecule has 0 amide bonds. The molecule has 0 unspecified atom stereocenters. The lowest BCUT2D eigenvalue weighted by Gasteiger charge is -2.05. The number of thiophene rings is 1. The molecule has 0 atom stereocenters. The SMILES string of the molecule is Cc1ccc2c(c1)sc1c2ccc2ccc3ccccc3c21. The third kappa shape index (κ3) is 1.57. The van der Waals surface area contributed by atoms with Crippen LogP contribution in [-0.2, 0) is 0 Å². The highest BCUT2D eigenvalue weighted by molar-refractivity contribution is 7.26. The summed E-state index contributed by atoms with van der Waals surface area (Å²) in [4.78, 5) is 0. The largest absolute Gasteiger partial charge is 0.135 e. The Morgan fingerprint density at radius 3 is 2.41 bits per heavy atom. The molecule has 0 aliphatic heterocycles. The van der Waals surface area contributed by atoms with Crippen LogP contribution in [0.25, 0.3) is 41.7 Å². The van der Waals surface area contributed by atoms with Gasteiger partial charge in [0.1, 0.15) is 0 Å². The zero-order valence-corrected chi connectivity index (χ0v) is 13.1. The van der Waals surface area contributed by atoms with Crippen molar-refractivity contribution in [3.63, 3.8) is 0 Å². The molecule has 5 rings (SSSR count). The standard InChI is InChI=1S/C21H14S/c1-13-6-10-17-18-11-9-15-8-7-14-4-2-3-5-16(14)20(15)21(18)22-19(17)12-13/h2-12H,1H3. The Hall–Kier alpha value is -2.38. The average Bonchev–Trinajstić information content (AvgIpc) is 2.91. The molecule has 1 heteroatoms. The predicted octanol–water partition coefficient (Wildman–Crippen LogP) is 6.67. The lowest BCUT2D eigenvalue weighted by atomic mass is 10.00. The highest BCUT2D eigenvalue weighted by Gasteiger charge is 2.10. The minimum atomic E-state index is 1.32. The van der Waals surface area contributed by atoms with Crippen molar-refractivity contribution in [2.45, 2.75) is 6.92 Å². The van der Waals surface area contributed by atoms with Crippen LogP contribution < -0.4 is 0 Å². The van der Waals surface area contributed by atoms with Crippen LogP contribution in [0.1, 0.15) is 5.56 Å². The summed E-state index contributed by atoms with van der Waals surface area (Å²) in [5.41, 5.74) is 1.33. The summed E-state index contributed by atoms with van der Waals surface area (Å²) in [6.45, 7) is 2.16. The molecule has 0 bridgehead atoms. The molecule has 0 saturated carbocycles. The second-order valence-electron chi connectivity index (χ2n) is 5.93. The van der Waals surface area contributed by atoms with E-state index in [0.717, 1.165) is 0 Å². The van der Waals surface area contributed by atoms with Gasteiger partial charge < -0.3 is 0 Å². The van der Waals surface area contributed by atoms with E-state index in [1.165, 1.54) is 47.3 Å². The van der Waals surface area contributed by atoms with Crippen molar-refractivity contribution in [3.8, 4) is 0 Å². The Morgan fingerprint density at radius 1 is 0.682 bits per heavy atom. The van der Waals surface area contributed by atoms with Crippen molar-refractivity contribution in [1.82, 2.24) is 0 Å². The summed E-state index contributed by atoms with van der Waals surface area (Å²) >= 11 is 1.92. The van der Waals surface area contributed by atoms with Gasteiger partial charge in [0.25, 0.3) is 0 Å². The molecule has 0 nitrogen and oxygen atoms in total. The van der Waals surface area contributed by atoms with Crippen molar-refractivity contribution in [2.75, 3.05) is 0 Å². The Labute approximate surface area is 132 Å². The molecule has 0 fully saturated rings. The molecule has 104 valence electrons. The van der Waals surface area contributed by atoms with E-state index in [0.29, 0.717) is 0 Å². The molecular weight excluding hydrogens is 284 g/mol. The fourth-order valence-electron chi connectivity index (χ4n) is 3.43. The predicted molar refractivity (Wildman–Crippen MR) is 99.1 cm³/mol. The van der Waals surface area contributed by atoms with Gasteiger partial charge in [-0.2, -0.15) is 0 Å². The van der Waals surface area contributed by atoms with E-state index in [9.17, 15) is 0 Å². The van der Waals surface area contributed by atoms with Gasteiger partial charge in [-0.05, 0) is 34.7 Å². The molecule has 0 saturated heterocycles. The second-order valence-corrected chi connectivity index (χ2v) is 6.98. The molecule has 1 heterocycles. The van der Waals surface area contributed by atoms with Gasteiger partial charge in [0, 0.05) is 25.6 Å². The highest BCUT2D eigenvalue weighted by Crippen LogP contribution is 2.41. The molecule has 4 aromatic carbocycles. The first-order valence-corrected chi connectivity index (χ1v) is 8.36. The van der Waals surface area contributed by atoms with E-state index < -0.39 is 0 Å². The average molecular weight is 298 g/mol. The summed E-state index contributed by atoms with van der Waals surface area (Å²) in [6.07, 6.45) is 0. The molecule has 0 spiro atoms. The summed E-state index contributed by atoms with van der Waals surface area (Å²) in [7, 11) is 0. The lowest BCUT2D eigenvalue weighted by Crippen LogP contribution is -1.77. The van der Waals surface area contributed by atoms with Crippen LogP contribution in [0.15, 0.2) is 66.7 Å². The minimum absolute atomic E-state index is 1.32. The van der Waals surface area contributed by atoms with Crippen LogP contribution in [0.2, 0.25) is 0 Å². The lowest BCUT2D eigenvalue weighted by molar-refractivity contribution is 1.52.